The molecule has 0 aliphatic carbocycles. The van der Waals surface area contributed by atoms with Gasteiger partial charge in [0.1, 0.15) is 37.1 Å². The van der Waals surface area contributed by atoms with Crippen LogP contribution in [0.15, 0.2) is 0 Å². The molecule has 0 radical (unpaired) electrons. The SMILES string of the molecule is CC#COCC1O[C@@H](OC)C(OC#CC)[C@@H](OC#CC)[C@@H]1OC. The van der Waals surface area contributed by atoms with Gasteiger partial charge in [0.05, 0.1) is 0 Å². The summed E-state index contributed by atoms with van der Waals surface area (Å²) in [6, 6.07) is 0. The summed E-state index contributed by atoms with van der Waals surface area (Å²) in [5, 5.41) is 0. The van der Waals surface area contributed by atoms with Crippen LogP contribution >= 0.6 is 0 Å². The highest BCUT2D eigenvalue weighted by molar-refractivity contribution is 4.99. The first-order valence-corrected chi connectivity index (χ1v) is 7.12. The Balaban J connectivity index is 3.02. The maximum Gasteiger partial charge on any atom is 0.201 e. The van der Waals surface area contributed by atoms with Gasteiger partial charge >= 0.3 is 0 Å². The van der Waals surface area contributed by atoms with Gasteiger partial charge in [-0.3, -0.25) is 0 Å². The highest BCUT2D eigenvalue weighted by Gasteiger charge is 2.50. The maximum absolute atomic E-state index is 5.84. The van der Waals surface area contributed by atoms with Crippen LogP contribution in [-0.4, -0.2) is 51.5 Å². The van der Waals surface area contributed by atoms with E-state index in [0.29, 0.717) is 0 Å². The maximum atomic E-state index is 5.84. The molecule has 1 heterocycles. The van der Waals surface area contributed by atoms with Gasteiger partial charge in [-0.1, -0.05) is 17.8 Å². The Kier molecular flexibility index (Phi) is 8.80. The summed E-state index contributed by atoms with van der Waals surface area (Å²) in [6.45, 7) is 5.23. The Morgan fingerprint density at radius 2 is 1.39 bits per heavy atom. The van der Waals surface area contributed by atoms with Crippen molar-refractivity contribution in [3.05, 3.63) is 0 Å². The normalized spacial score (nSPS) is 28.8. The lowest BCUT2D eigenvalue weighted by atomic mass is 9.98. The summed E-state index contributed by atoms with van der Waals surface area (Å²) < 4.78 is 33.0. The third-order valence-corrected chi connectivity index (χ3v) is 3.11. The molecule has 1 rings (SSSR count). The minimum absolute atomic E-state index is 0.199. The molecule has 5 atom stereocenters. The second-order valence-electron chi connectivity index (χ2n) is 4.51. The van der Waals surface area contributed by atoms with Crippen molar-refractivity contribution < 1.29 is 28.4 Å². The van der Waals surface area contributed by atoms with Crippen molar-refractivity contribution in [3.8, 4) is 36.1 Å². The zero-order chi connectivity index (χ0) is 17.1. The fourth-order valence-electron chi connectivity index (χ4n) is 2.20. The van der Waals surface area contributed by atoms with Crippen molar-refractivity contribution in [2.24, 2.45) is 0 Å². The minimum Gasteiger partial charge on any atom is -0.444 e. The lowest BCUT2D eigenvalue weighted by Crippen LogP contribution is -2.60. The van der Waals surface area contributed by atoms with Crippen LogP contribution in [0.25, 0.3) is 0 Å². The summed E-state index contributed by atoms with van der Waals surface area (Å²) in [5.74, 6) is 8.00. The van der Waals surface area contributed by atoms with Crippen LogP contribution in [0.5, 0.6) is 0 Å². The van der Waals surface area contributed by atoms with E-state index >= 15 is 0 Å². The number of ether oxygens (including phenoxy) is 6. The third-order valence-electron chi connectivity index (χ3n) is 3.11. The van der Waals surface area contributed by atoms with Gasteiger partial charge in [-0.2, -0.15) is 0 Å². The summed E-state index contributed by atoms with van der Waals surface area (Å²) in [6.07, 6.45) is 4.85. The van der Waals surface area contributed by atoms with Crippen LogP contribution in [0, 0.1) is 36.1 Å². The molecule has 0 bridgehead atoms. The lowest BCUT2D eigenvalue weighted by Gasteiger charge is -2.42. The van der Waals surface area contributed by atoms with Crippen LogP contribution in [-0.2, 0) is 28.4 Å². The molecule has 0 aromatic heterocycles. The van der Waals surface area contributed by atoms with E-state index in [0.717, 1.165) is 0 Å². The van der Waals surface area contributed by atoms with Crippen LogP contribution < -0.4 is 0 Å². The first-order chi connectivity index (χ1) is 11.2. The average molecular weight is 322 g/mol. The number of rotatable bonds is 6. The molecule has 126 valence electrons. The quantitative estimate of drug-likeness (QED) is 0.683. The first kappa shape index (κ1) is 19.0. The predicted octanol–water partition coefficient (Wildman–Crippen LogP) is 1.10. The Morgan fingerprint density at radius 3 is 1.91 bits per heavy atom. The lowest BCUT2D eigenvalue weighted by molar-refractivity contribution is -0.295. The van der Waals surface area contributed by atoms with Crippen molar-refractivity contribution in [2.75, 3.05) is 20.8 Å². The molecule has 0 spiro atoms. The Bertz CT molecular complexity index is 526. The Labute approximate surface area is 137 Å². The van der Waals surface area contributed by atoms with Gasteiger partial charge in [0.2, 0.25) is 6.10 Å². The highest BCUT2D eigenvalue weighted by atomic mass is 16.7. The van der Waals surface area contributed by atoms with Gasteiger partial charge in [0.25, 0.3) is 0 Å². The molecule has 6 nitrogen and oxygen atoms in total. The molecule has 1 fully saturated rings. The fourth-order valence-corrected chi connectivity index (χ4v) is 2.20. The van der Waals surface area contributed by atoms with E-state index in [1.165, 1.54) is 7.11 Å². The second kappa shape index (κ2) is 10.6. The Hall–Kier alpha value is -2.04. The number of methoxy groups -OCH3 is 2. The molecule has 1 aliphatic rings. The van der Waals surface area contributed by atoms with Crippen molar-refractivity contribution in [3.63, 3.8) is 0 Å². The van der Waals surface area contributed by atoms with Crippen molar-refractivity contribution in [2.45, 2.75) is 51.5 Å². The Morgan fingerprint density at radius 1 is 0.783 bits per heavy atom. The molecule has 2 unspecified atom stereocenters. The van der Waals surface area contributed by atoms with Gasteiger partial charge in [-0.05, 0) is 0 Å². The monoisotopic (exact) mass is 322 g/mol. The van der Waals surface area contributed by atoms with Gasteiger partial charge in [0.15, 0.2) is 12.4 Å². The van der Waals surface area contributed by atoms with E-state index < -0.39 is 30.7 Å². The number of hydrogen-bond acceptors (Lipinski definition) is 6. The molecule has 23 heavy (non-hydrogen) atoms. The van der Waals surface area contributed by atoms with Crippen LogP contribution in [0.3, 0.4) is 0 Å². The van der Waals surface area contributed by atoms with Gasteiger partial charge in [-0.15, -0.1) is 0 Å². The van der Waals surface area contributed by atoms with E-state index in [-0.39, 0.29) is 6.61 Å². The molecule has 1 aliphatic heterocycles. The third kappa shape index (κ3) is 5.27. The summed E-state index contributed by atoms with van der Waals surface area (Å²) >= 11 is 0. The van der Waals surface area contributed by atoms with Crippen LogP contribution in [0.2, 0.25) is 0 Å². The smallest absolute Gasteiger partial charge is 0.201 e. The number of hydrogen-bond donors (Lipinski definition) is 0. The van der Waals surface area contributed by atoms with E-state index in [2.05, 4.69) is 36.1 Å². The molecule has 6 heteroatoms. The summed E-state index contributed by atoms with van der Waals surface area (Å²) in [7, 11) is 3.07. The van der Waals surface area contributed by atoms with Crippen LogP contribution in [0.1, 0.15) is 20.8 Å². The first-order valence-electron chi connectivity index (χ1n) is 7.12. The van der Waals surface area contributed by atoms with E-state index in [9.17, 15) is 0 Å². The second-order valence-corrected chi connectivity index (χ2v) is 4.51. The minimum atomic E-state index is -0.700. The van der Waals surface area contributed by atoms with Gasteiger partial charge in [-0.25, -0.2) is 0 Å². The molecule has 0 aromatic rings. The zero-order valence-corrected chi connectivity index (χ0v) is 14.0. The summed E-state index contributed by atoms with van der Waals surface area (Å²) in [5.41, 5.74) is 0. The van der Waals surface area contributed by atoms with E-state index in [4.69, 9.17) is 28.4 Å². The van der Waals surface area contributed by atoms with Crippen molar-refractivity contribution >= 4 is 0 Å². The molecule has 0 N–H and O–H groups in total. The highest BCUT2D eigenvalue weighted by Crippen LogP contribution is 2.28. The molecular formula is C17H22O6. The van der Waals surface area contributed by atoms with E-state index in [1.54, 1.807) is 27.9 Å². The summed E-state index contributed by atoms with van der Waals surface area (Å²) in [4.78, 5) is 0. The average Bonchev–Trinajstić information content (AvgIpc) is 2.58. The van der Waals surface area contributed by atoms with Crippen molar-refractivity contribution in [1.82, 2.24) is 0 Å². The van der Waals surface area contributed by atoms with E-state index in [1.807, 2.05) is 0 Å². The zero-order valence-electron chi connectivity index (χ0n) is 14.0. The molecule has 0 saturated carbocycles. The largest absolute Gasteiger partial charge is 0.444 e. The van der Waals surface area contributed by atoms with Crippen LogP contribution in [0.4, 0.5) is 0 Å². The predicted molar refractivity (Wildman–Crippen MR) is 82.5 cm³/mol. The topological polar surface area (TPSA) is 55.4 Å². The molecule has 1 saturated heterocycles. The van der Waals surface area contributed by atoms with Gasteiger partial charge in [0, 0.05) is 35.0 Å². The molecular weight excluding hydrogens is 300 g/mol. The fraction of sp³-hybridized carbons (Fsp3) is 0.647. The van der Waals surface area contributed by atoms with Gasteiger partial charge < -0.3 is 28.4 Å². The molecule has 0 aromatic carbocycles. The molecule has 0 amide bonds. The standard InChI is InChI=1S/C17H22O6/c1-6-9-20-12-13-14(18-4)15(21-10-7-2)16(22-11-8-3)17(19-5)23-13/h13-17H,12H2,1-5H3/t13?,14-,15+,16?,17-/m1/s1. The van der Waals surface area contributed by atoms with Crippen molar-refractivity contribution in [1.29, 1.82) is 0 Å².